The normalized spacial score (nSPS) is 22.0. The van der Waals surface area contributed by atoms with Crippen LogP contribution in [0.15, 0.2) is 24.3 Å². The van der Waals surface area contributed by atoms with Gasteiger partial charge in [0.2, 0.25) is 5.91 Å². The molecule has 1 aliphatic carbocycles. The van der Waals surface area contributed by atoms with E-state index < -0.39 is 5.54 Å². The van der Waals surface area contributed by atoms with Crippen molar-refractivity contribution in [2.24, 2.45) is 11.7 Å². The minimum atomic E-state index is -0.749. The van der Waals surface area contributed by atoms with Crippen LogP contribution in [0.3, 0.4) is 0 Å². The monoisotopic (exact) mass is 287 g/mol. The number of likely N-dealkylation sites (tertiary alicyclic amines) is 1. The zero-order valence-corrected chi connectivity index (χ0v) is 12.8. The Hall–Kier alpha value is -1.39. The Morgan fingerprint density at radius 2 is 2.00 bits per heavy atom. The first-order valence-corrected chi connectivity index (χ1v) is 7.98. The third kappa shape index (κ3) is 3.27. The Kier molecular flexibility index (Phi) is 4.00. The van der Waals surface area contributed by atoms with Gasteiger partial charge in [-0.3, -0.25) is 9.69 Å². The second-order valence-electron chi connectivity index (χ2n) is 6.65. The quantitative estimate of drug-likeness (QED) is 0.874. The number of carbonyl (C=O) groups excluding carboxylic acids is 1. The molecule has 1 aliphatic heterocycles. The molecular formula is C17H25N3O. The molecule has 114 valence electrons. The molecule has 2 fully saturated rings. The summed E-state index contributed by atoms with van der Waals surface area (Å²) in [4.78, 5) is 14.9. The van der Waals surface area contributed by atoms with Crippen LogP contribution in [0.25, 0.3) is 0 Å². The fourth-order valence-electron chi connectivity index (χ4n) is 3.09. The number of anilines is 1. The highest BCUT2D eigenvalue weighted by Crippen LogP contribution is 2.38. The molecule has 0 radical (unpaired) electrons. The lowest BCUT2D eigenvalue weighted by Crippen LogP contribution is -2.50. The fourth-order valence-corrected chi connectivity index (χ4v) is 3.09. The molecule has 1 aromatic carbocycles. The molecule has 1 atom stereocenters. The van der Waals surface area contributed by atoms with Crippen LogP contribution in [-0.4, -0.2) is 29.4 Å². The van der Waals surface area contributed by atoms with Crippen LogP contribution in [0.4, 0.5) is 5.69 Å². The van der Waals surface area contributed by atoms with Crippen LogP contribution in [-0.2, 0) is 11.3 Å². The SMILES string of the molecule is CC(N)(C(=O)Nc1ccccc1CN1CCCC1)C1CC1. The fraction of sp³-hybridized carbons (Fsp3) is 0.588. The topological polar surface area (TPSA) is 58.4 Å². The molecule has 1 amide bonds. The summed E-state index contributed by atoms with van der Waals surface area (Å²) in [7, 11) is 0. The summed E-state index contributed by atoms with van der Waals surface area (Å²) in [5.74, 6) is 0.280. The van der Waals surface area contributed by atoms with Crippen LogP contribution in [0.5, 0.6) is 0 Å². The number of benzene rings is 1. The Labute approximate surface area is 126 Å². The second-order valence-corrected chi connectivity index (χ2v) is 6.65. The number of rotatable bonds is 5. The maximum absolute atomic E-state index is 12.5. The van der Waals surface area contributed by atoms with E-state index in [4.69, 9.17) is 5.73 Å². The molecule has 1 heterocycles. The average molecular weight is 287 g/mol. The van der Waals surface area contributed by atoms with Gasteiger partial charge in [-0.05, 0) is 63.2 Å². The van der Waals surface area contributed by atoms with Crippen LogP contribution < -0.4 is 11.1 Å². The molecule has 1 saturated carbocycles. The summed E-state index contributed by atoms with van der Waals surface area (Å²) in [6.45, 7) is 5.06. The molecule has 0 spiro atoms. The number of nitrogens with one attached hydrogen (secondary N) is 1. The highest BCUT2D eigenvalue weighted by molar-refractivity contribution is 5.98. The molecule has 21 heavy (non-hydrogen) atoms. The number of nitrogens with zero attached hydrogens (tertiary/aromatic N) is 1. The van der Waals surface area contributed by atoms with Gasteiger partial charge in [-0.2, -0.15) is 0 Å². The molecule has 3 rings (SSSR count). The van der Waals surface area contributed by atoms with Gasteiger partial charge < -0.3 is 11.1 Å². The Bertz CT molecular complexity index is 517. The highest BCUT2D eigenvalue weighted by atomic mass is 16.2. The van der Waals surface area contributed by atoms with Crippen molar-refractivity contribution in [3.63, 3.8) is 0 Å². The first-order valence-electron chi connectivity index (χ1n) is 7.98. The first-order chi connectivity index (χ1) is 10.1. The molecule has 1 aromatic rings. The van der Waals surface area contributed by atoms with Crippen LogP contribution >= 0.6 is 0 Å². The predicted octanol–water partition coefficient (Wildman–Crippen LogP) is 2.35. The van der Waals surface area contributed by atoms with Crippen LogP contribution in [0, 0.1) is 5.92 Å². The number of para-hydroxylation sites is 1. The van der Waals surface area contributed by atoms with Crippen molar-refractivity contribution < 1.29 is 4.79 Å². The molecule has 4 nitrogen and oxygen atoms in total. The maximum Gasteiger partial charge on any atom is 0.244 e. The van der Waals surface area contributed by atoms with Crippen molar-refractivity contribution in [3.05, 3.63) is 29.8 Å². The zero-order chi connectivity index (χ0) is 14.9. The molecule has 2 aliphatic rings. The summed E-state index contributed by atoms with van der Waals surface area (Å²) < 4.78 is 0. The molecule has 1 saturated heterocycles. The summed E-state index contributed by atoms with van der Waals surface area (Å²) in [6.07, 6.45) is 4.68. The van der Waals surface area contributed by atoms with E-state index in [0.717, 1.165) is 38.2 Å². The van der Waals surface area contributed by atoms with Gasteiger partial charge in [-0.25, -0.2) is 0 Å². The molecule has 1 unspecified atom stereocenters. The largest absolute Gasteiger partial charge is 0.324 e. The van der Waals surface area contributed by atoms with E-state index in [1.165, 1.54) is 18.4 Å². The molecule has 0 aromatic heterocycles. The van der Waals surface area contributed by atoms with E-state index in [2.05, 4.69) is 16.3 Å². The van der Waals surface area contributed by atoms with Gasteiger partial charge in [0.15, 0.2) is 0 Å². The van der Waals surface area contributed by atoms with Crippen LogP contribution in [0.1, 0.15) is 38.2 Å². The van der Waals surface area contributed by atoms with Gasteiger partial charge in [0, 0.05) is 12.2 Å². The summed E-state index contributed by atoms with van der Waals surface area (Å²) in [5, 5.41) is 3.06. The van der Waals surface area contributed by atoms with Gasteiger partial charge in [-0.15, -0.1) is 0 Å². The molecule has 3 N–H and O–H groups in total. The smallest absolute Gasteiger partial charge is 0.244 e. The van der Waals surface area contributed by atoms with E-state index >= 15 is 0 Å². The third-order valence-corrected chi connectivity index (χ3v) is 4.77. The van der Waals surface area contributed by atoms with Crippen molar-refractivity contribution in [1.29, 1.82) is 0 Å². The molecule has 4 heteroatoms. The minimum Gasteiger partial charge on any atom is -0.324 e. The third-order valence-electron chi connectivity index (χ3n) is 4.77. The van der Waals surface area contributed by atoms with Crippen molar-refractivity contribution in [2.45, 2.75) is 44.7 Å². The Morgan fingerprint density at radius 3 is 2.67 bits per heavy atom. The summed E-state index contributed by atoms with van der Waals surface area (Å²) >= 11 is 0. The average Bonchev–Trinajstić information content (AvgIpc) is 3.21. The van der Waals surface area contributed by atoms with Crippen molar-refractivity contribution >= 4 is 11.6 Å². The summed E-state index contributed by atoms with van der Waals surface area (Å²) in [5.41, 5.74) is 7.54. The van der Waals surface area contributed by atoms with Crippen molar-refractivity contribution in [1.82, 2.24) is 4.90 Å². The van der Waals surface area contributed by atoms with Gasteiger partial charge >= 0.3 is 0 Å². The number of hydrogen-bond donors (Lipinski definition) is 2. The van der Waals surface area contributed by atoms with Gasteiger partial charge in [0.25, 0.3) is 0 Å². The van der Waals surface area contributed by atoms with Gasteiger partial charge in [-0.1, -0.05) is 18.2 Å². The molecule has 0 bridgehead atoms. The predicted molar refractivity (Wildman–Crippen MR) is 84.9 cm³/mol. The van der Waals surface area contributed by atoms with E-state index in [9.17, 15) is 4.79 Å². The van der Waals surface area contributed by atoms with E-state index in [-0.39, 0.29) is 5.91 Å². The molecular weight excluding hydrogens is 262 g/mol. The minimum absolute atomic E-state index is 0.0566. The summed E-state index contributed by atoms with van der Waals surface area (Å²) in [6, 6.07) is 8.07. The van der Waals surface area contributed by atoms with E-state index in [1.54, 1.807) is 0 Å². The Morgan fingerprint density at radius 1 is 1.33 bits per heavy atom. The van der Waals surface area contributed by atoms with E-state index in [1.807, 2.05) is 25.1 Å². The standard InChI is InChI=1S/C17H25N3O/c1-17(18,14-8-9-14)16(21)19-15-7-3-2-6-13(15)12-20-10-4-5-11-20/h2-3,6-7,14H,4-5,8-12,18H2,1H3,(H,19,21). The van der Waals surface area contributed by atoms with Crippen molar-refractivity contribution in [3.8, 4) is 0 Å². The van der Waals surface area contributed by atoms with Crippen molar-refractivity contribution in [2.75, 3.05) is 18.4 Å². The maximum atomic E-state index is 12.5. The Balaban J connectivity index is 1.71. The van der Waals surface area contributed by atoms with Gasteiger partial charge in [0.1, 0.15) is 0 Å². The second kappa shape index (κ2) is 5.78. The lowest BCUT2D eigenvalue weighted by atomic mass is 9.96. The number of carbonyl (C=O) groups is 1. The highest BCUT2D eigenvalue weighted by Gasteiger charge is 2.44. The first kappa shape index (κ1) is 14.5. The van der Waals surface area contributed by atoms with Gasteiger partial charge in [0.05, 0.1) is 5.54 Å². The lowest BCUT2D eigenvalue weighted by molar-refractivity contribution is -0.121. The van der Waals surface area contributed by atoms with E-state index in [0.29, 0.717) is 5.92 Å². The lowest BCUT2D eigenvalue weighted by Gasteiger charge is -2.24. The number of hydrogen-bond acceptors (Lipinski definition) is 3. The number of amides is 1. The zero-order valence-electron chi connectivity index (χ0n) is 12.8. The van der Waals surface area contributed by atoms with Crippen LogP contribution in [0.2, 0.25) is 0 Å². The number of nitrogens with two attached hydrogens (primary N) is 1.